The highest BCUT2D eigenvalue weighted by atomic mass is 79.9. The van der Waals surface area contributed by atoms with Crippen LogP contribution in [0.2, 0.25) is 0 Å². The molecular formula is C12H7Br2N3. The summed E-state index contributed by atoms with van der Waals surface area (Å²) in [4.78, 5) is 3.99. The van der Waals surface area contributed by atoms with Crippen LogP contribution < -0.4 is 5.32 Å². The number of benzene rings is 1. The summed E-state index contributed by atoms with van der Waals surface area (Å²) in [7, 11) is 0. The number of aromatic nitrogens is 1. The number of pyridine rings is 1. The summed E-state index contributed by atoms with van der Waals surface area (Å²) in [5.74, 6) is 0. The summed E-state index contributed by atoms with van der Waals surface area (Å²) >= 11 is 6.85. The molecule has 0 aliphatic rings. The van der Waals surface area contributed by atoms with Crippen molar-refractivity contribution in [2.45, 2.75) is 0 Å². The lowest BCUT2D eigenvalue weighted by Gasteiger charge is -2.09. The second-order valence-corrected chi connectivity index (χ2v) is 5.03. The van der Waals surface area contributed by atoms with Gasteiger partial charge in [0, 0.05) is 15.1 Å². The first-order valence-electron chi connectivity index (χ1n) is 4.78. The molecule has 1 aromatic carbocycles. The molecule has 0 saturated heterocycles. The third-order valence-electron chi connectivity index (χ3n) is 2.11. The number of hydrogen-bond acceptors (Lipinski definition) is 3. The van der Waals surface area contributed by atoms with Gasteiger partial charge in [0.05, 0.1) is 11.4 Å². The Morgan fingerprint density at radius 1 is 1.18 bits per heavy atom. The molecule has 0 fully saturated rings. The zero-order valence-corrected chi connectivity index (χ0v) is 11.8. The summed E-state index contributed by atoms with van der Waals surface area (Å²) < 4.78 is 1.89. The minimum absolute atomic E-state index is 0.374. The minimum Gasteiger partial charge on any atom is -0.352 e. The molecule has 0 aliphatic carbocycles. The van der Waals surface area contributed by atoms with E-state index in [0.29, 0.717) is 11.4 Å². The molecular weight excluding hydrogens is 346 g/mol. The Bertz CT molecular complexity index is 591. The van der Waals surface area contributed by atoms with E-state index in [1.807, 2.05) is 30.3 Å². The molecule has 1 aromatic heterocycles. The lowest BCUT2D eigenvalue weighted by Crippen LogP contribution is -1.96. The number of nitrogens with one attached hydrogen (secondary N) is 1. The normalized spacial score (nSPS) is 9.71. The highest BCUT2D eigenvalue weighted by Gasteiger charge is 2.05. The predicted octanol–water partition coefficient (Wildman–Crippen LogP) is 4.22. The van der Waals surface area contributed by atoms with E-state index in [4.69, 9.17) is 5.26 Å². The van der Waals surface area contributed by atoms with Crippen molar-refractivity contribution in [2.24, 2.45) is 0 Å². The number of rotatable bonds is 2. The first-order chi connectivity index (χ1) is 8.20. The lowest BCUT2D eigenvalue weighted by atomic mass is 10.2. The summed E-state index contributed by atoms with van der Waals surface area (Å²) in [6, 6.07) is 11.4. The maximum absolute atomic E-state index is 8.95. The van der Waals surface area contributed by atoms with Crippen LogP contribution in [0.3, 0.4) is 0 Å². The first-order valence-corrected chi connectivity index (χ1v) is 6.36. The Hall–Kier alpha value is -1.38. The van der Waals surface area contributed by atoms with Crippen molar-refractivity contribution in [3.63, 3.8) is 0 Å². The van der Waals surface area contributed by atoms with Crippen molar-refractivity contribution in [3.8, 4) is 6.07 Å². The fraction of sp³-hybridized carbons (Fsp3) is 0. The number of hydrogen-bond donors (Lipinski definition) is 1. The van der Waals surface area contributed by atoms with E-state index in [2.05, 4.69) is 42.2 Å². The van der Waals surface area contributed by atoms with Crippen LogP contribution in [0, 0.1) is 11.3 Å². The minimum atomic E-state index is 0.374. The van der Waals surface area contributed by atoms with Gasteiger partial charge in [0.25, 0.3) is 0 Å². The Balaban J connectivity index is 2.38. The van der Waals surface area contributed by atoms with Gasteiger partial charge in [0.1, 0.15) is 6.07 Å². The zero-order valence-electron chi connectivity index (χ0n) is 8.61. The molecule has 3 nitrogen and oxygen atoms in total. The van der Waals surface area contributed by atoms with Gasteiger partial charge in [-0.05, 0) is 46.3 Å². The van der Waals surface area contributed by atoms with Gasteiger partial charge in [-0.2, -0.15) is 5.26 Å². The quantitative estimate of drug-likeness (QED) is 0.880. The molecule has 0 radical (unpaired) electrons. The summed E-state index contributed by atoms with van der Waals surface area (Å²) in [6.45, 7) is 0. The van der Waals surface area contributed by atoms with Gasteiger partial charge in [-0.1, -0.05) is 15.9 Å². The van der Waals surface area contributed by atoms with Crippen LogP contribution in [0.4, 0.5) is 11.4 Å². The molecule has 5 heteroatoms. The third kappa shape index (κ3) is 2.84. The molecule has 0 aliphatic heterocycles. The van der Waals surface area contributed by atoms with E-state index < -0.39 is 0 Å². The molecule has 0 atom stereocenters. The number of nitrogens with zero attached hydrogens (tertiary/aromatic N) is 2. The van der Waals surface area contributed by atoms with Gasteiger partial charge in [-0.15, -0.1) is 0 Å². The van der Waals surface area contributed by atoms with E-state index in [1.54, 1.807) is 12.3 Å². The van der Waals surface area contributed by atoms with Crippen molar-refractivity contribution in [1.29, 1.82) is 5.26 Å². The standard InChI is InChI=1S/C12H7Br2N3/c13-8-3-4-9(14)11(6-8)17-10-2-1-5-16-12(10)7-15/h1-6,17H. The van der Waals surface area contributed by atoms with Gasteiger partial charge in [-0.25, -0.2) is 4.98 Å². The maximum atomic E-state index is 8.95. The van der Waals surface area contributed by atoms with Crippen LogP contribution in [0.25, 0.3) is 0 Å². The molecule has 0 saturated carbocycles. The number of anilines is 2. The highest BCUT2D eigenvalue weighted by Crippen LogP contribution is 2.29. The molecule has 17 heavy (non-hydrogen) atoms. The Kier molecular flexibility index (Phi) is 3.77. The Morgan fingerprint density at radius 2 is 2.00 bits per heavy atom. The van der Waals surface area contributed by atoms with Crippen LogP contribution in [0.15, 0.2) is 45.5 Å². The fourth-order valence-corrected chi connectivity index (χ4v) is 2.04. The molecule has 2 aromatic rings. The zero-order chi connectivity index (χ0) is 12.3. The Labute approximate surface area is 116 Å². The molecule has 0 bridgehead atoms. The van der Waals surface area contributed by atoms with E-state index in [9.17, 15) is 0 Å². The van der Waals surface area contributed by atoms with Crippen molar-refractivity contribution in [1.82, 2.24) is 4.98 Å². The topological polar surface area (TPSA) is 48.7 Å². The third-order valence-corrected chi connectivity index (χ3v) is 3.30. The molecule has 0 amide bonds. The van der Waals surface area contributed by atoms with Crippen molar-refractivity contribution in [2.75, 3.05) is 5.32 Å². The average Bonchev–Trinajstić information content (AvgIpc) is 2.34. The molecule has 0 spiro atoms. The van der Waals surface area contributed by atoms with Gasteiger partial charge in [-0.3, -0.25) is 0 Å². The summed E-state index contributed by atoms with van der Waals surface area (Å²) in [5.41, 5.74) is 1.94. The van der Waals surface area contributed by atoms with Gasteiger partial charge < -0.3 is 5.32 Å². The van der Waals surface area contributed by atoms with Crippen molar-refractivity contribution in [3.05, 3.63) is 51.2 Å². The molecule has 2 rings (SSSR count). The van der Waals surface area contributed by atoms with Crippen LogP contribution in [-0.2, 0) is 0 Å². The predicted molar refractivity (Wildman–Crippen MR) is 74.1 cm³/mol. The van der Waals surface area contributed by atoms with Gasteiger partial charge in [0.2, 0.25) is 0 Å². The van der Waals surface area contributed by atoms with Crippen LogP contribution in [-0.4, -0.2) is 4.98 Å². The lowest BCUT2D eigenvalue weighted by molar-refractivity contribution is 1.26. The number of halogens is 2. The van der Waals surface area contributed by atoms with Crippen LogP contribution in [0.5, 0.6) is 0 Å². The summed E-state index contributed by atoms with van der Waals surface area (Å²) in [5, 5.41) is 12.1. The molecule has 1 N–H and O–H groups in total. The van der Waals surface area contributed by atoms with E-state index in [0.717, 1.165) is 14.6 Å². The average molecular weight is 353 g/mol. The van der Waals surface area contributed by atoms with Crippen molar-refractivity contribution >= 4 is 43.2 Å². The smallest absolute Gasteiger partial charge is 0.163 e. The van der Waals surface area contributed by atoms with Crippen molar-refractivity contribution < 1.29 is 0 Å². The first kappa shape index (κ1) is 12.1. The fourth-order valence-electron chi connectivity index (χ4n) is 1.33. The van der Waals surface area contributed by atoms with Crippen LogP contribution >= 0.6 is 31.9 Å². The van der Waals surface area contributed by atoms with E-state index in [-0.39, 0.29) is 0 Å². The summed E-state index contributed by atoms with van der Waals surface area (Å²) in [6.07, 6.45) is 1.60. The van der Waals surface area contributed by atoms with Crippen LogP contribution in [0.1, 0.15) is 5.69 Å². The molecule has 0 unspecified atom stereocenters. The second kappa shape index (κ2) is 5.30. The van der Waals surface area contributed by atoms with E-state index in [1.165, 1.54) is 0 Å². The Morgan fingerprint density at radius 3 is 2.76 bits per heavy atom. The highest BCUT2D eigenvalue weighted by molar-refractivity contribution is 9.11. The van der Waals surface area contributed by atoms with E-state index >= 15 is 0 Å². The maximum Gasteiger partial charge on any atom is 0.163 e. The molecule has 84 valence electrons. The largest absolute Gasteiger partial charge is 0.352 e. The monoisotopic (exact) mass is 351 g/mol. The number of nitriles is 1. The van der Waals surface area contributed by atoms with Gasteiger partial charge >= 0.3 is 0 Å². The molecule has 1 heterocycles. The second-order valence-electron chi connectivity index (χ2n) is 3.26. The SMILES string of the molecule is N#Cc1ncccc1Nc1cc(Br)ccc1Br. The van der Waals surface area contributed by atoms with Gasteiger partial charge in [0.15, 0.2) is 5.69 Å².